The standard InChI is InChI=1S/C9H10BrClO2/c1-12-6-13-5-7-3-2-4-8(11)9(7)10/h2-4H,5-6H2,1H3. The fourth-order valence-corrected chi connectivity index (χ4v) is 1.47. The average Bonchev–Trinajstić information content (AvgIpc) is 2.13. The summed E-state index contributed by atoms with van der Waals surface area (Å²) in [7, 11) is 1.59. The van der Waals surface area contributed by atoms with Crippen molar-refractivity contribution in [3.05, 3.63) is 33.3 Å². The van der Waals surface area contributed by atoms with Crippen molar-refractivity contribution in [1.29, 1.82) is 0 Å². The van der Waals surface area contributed by atoms with Gasteiger partial charge in [0, 0.05) is 11.6 Å². The predicted octanol–water partition coefficient (Wildman–Crippen LogP) is 3.22. The van der Waals surface area contributed by atoms with Crippen LogP contribution in [0.4, 0.5) is 0 Å². The van der Waals surface area contributed by atoms with Gasteiger partial charge in [-0.2, -0.15) is 0 Å². The van der Waals surface area contributed by atoms with Gasteiger partial charge in [0.2, 0.25) is 0 Å². The first-order valence-electron chi connectivity index (χ1n) is 3.75. The van der Waals surface area contributed by atoms with Gasteiger partial charge in [0.25, 0.3) is 0 Å². The highest BCUT2D eigenvalue weighted by Crippen LogP contribution is 2.26. The fourth-order valence-electron chi connectivity index (χ4n) is 0.895. The van der Waals surface area contributed by atoms with E-state index in [0.29, 0.717) is 18.4 Å². The number of ether oxygens (including phenoxy) is 2. The summed E-state index contributed by atoms with van der Waals surface area (Å²) >= 11 is 9.27. The summed E-state index contributed by atoms with van der Waals surface area (Å²) in [4.78, 5) is 0. The highest BCUT2D eigenvalue weighted by molar-refractivity contribution is 9.10. The van der Waals surface area contributed by atoms with Crippen molar-refractivity contribution in [3.63, 3.8) is 0 Å². The Labute approximate surface area is 90.9 Å². The van der Waals surface area contributed by atoms with E-state index in [4.69, 9.17) is 21.1 Å². The molecule has 1 rings (SSSR count). The molecule has 0 unspecified atom stereocenters. The normalized spacial score (nSPS) is 10.4. The SMILES string of the molecule is COCOCc1cccc(Cl)c1Br. The first-order chi connectivity index (χ1) is 6.25. The van der Waals surface area contributed by atoms with Crippen LogP contribution in [0.2, 0.25) is 5.02 Å². The lowest BCUT2D eigenvalue weighted by molar-refractivity contribution is -0.0392. The van der Waals surface area contributed by atoms with Crippen LogP contribution >= 0.6 is 27.5 Å². The Bertz CT molecular complexity index is 278. The number of rotatable bonds is 4. The second-order valence-corrected chi connectivity index (χ2v) is 3.67. The zero-order chi connectivity index (χ0) is 9.68. The molecular formula is C9H10BrClO2. The highest BCUT2D eigenvalue weighted by atomic mass is 79.9. The number of benzene rings is 1. The molecule has 72 valence electrons. The van der Waals surface area contributed by atoms with Gasteiger partial charge in [0.05, 0.1) is 11.6 Å². The van der Waals surface area contributed by atoms with E-state index in [-0.39, 0.29) is 0 Å². The Morgan fingerprint density at radius 3 is 2.92 bits per heavy atom. The predicted molar refractivity (Wildman–Crippen MR) is 55.8 cm³/mol. The van der Waals surface area contributed by atoms with Crippen LogP contribution in [0.1, 0.15) is 5.56 Å². The zero-order valence-electron chi connectivity index (χ0n) is 7.22. The second-order valence-electron chi connectivity index (χ2n) is 2.47. The third-order valence-corrected chi connectivity index (χ3v) is 2.97. The lowest BCUT2D eigenvalue weighted by Gasteiger charge is -2.06. The third-order valence-electron chi connectivity index (χ3n) is 1.49. The van der Waals surface area contributed by atoms with E-state index >= 15 is 0 Å². The summed E-state index contributed by atoms with van der Waals surface area (Å²) < 4.78 is 10.8. The smallest absolute Gasteiger partial charge is 0.146 e. The Kier molecular flexibility index (Phi) is 4.73. The summed E-state index contributed by atoms with van der Waals surface area (Å²) in [5, 5.41) is 0.693. The topological polar surface area (TPSA) is 18.5 Å². The Hall–Kier alpha value is -0.0900. The van der Waals surface area contributed by atoms with Crippen molar-refractivity contribution in [2.45, 2.75) is 6.61 Å². The molecule has 0 aliphatic heterocycles. The van der Waals surface area contributed by atoms with Gasteiger partial charge in [-0.1, -0.05) is 23.7 Å². The van der Waals surface area contributed by atoms with Gasteiger partial charge in [-0.05, 0) is 27.6 Å². The molecule has 2 nitrogen and oxygen atoms in total. The summed E-state index contributed by atoms with van der Waals surface area (Å²) in [5.41, 5.74) is 1.02. The average molecular weight is 266 g/mol. The third kappa shape index (κ3) is 3.27. The van der Waals surface area contributed by atoms with Crippen LogP contribution in [-0.4, -0.2) is 13.9 Å². The maximum atomic E-state index is 5.89. The van der Waals surface area contributed by atoms with Crippen molar-refractivity contribution in [1.82, 2.24) is 0 Å². The van der Waals surface area contributed by atoms with E-state index in [2.05, 4.69) is 15.9 Å². The van der Waals surface area contributed by atoms with Gasteiger partial charge in [-0.15, -0.1) is 0 Å². The molecule has 0 aliphatic carbocycles. The van der Waals surface area contributed by atoms with Crippen molar-refractivity contribution in [3.8, 4) is 0 Å². The maximum Gasteiger partial charge on any atom is 0.146 e. The van der Waals surface area contributed by atoms with Crippen molar-refractivity contribution < 1.29 is 9.47 Å². The highest BCUT2D eigenvalue weighted by Gasteiger charge is 2.02. The fraction of sp³-hybridized carbons (Fsp3) is 0.333. The summed E-state index contributed by atoms with van der Waals surface area (Å²) in [6.07, 6.45) is 0. The Morgan fingerprint density at radius 2 is 2.23 bits per heavy atom. The molecule has 0 fully saturated rings. The molecule has 1 aromatic carbocycles. The molecule has 0 atom stereocenters. The van der Waals surface area contributed by atoms with Crippen LogP contribution in [0.25, 0.3) is 0 Å². The molecular weight excluding hydrogens is 255 g/mol. The first-order valence-corrected chi connectivity index (χ1v) is 4.92. The summed E-state index contributed by atoms with van der Waals surface area (Å²) in [5.74, 6) is 0. The van der Waals surface area contributed by atoms with Crippen LogP contribution in [-0.2, 0) is 16.1 Å². The molecule has 0 radical (unpaired) electrons. The van der Waals surface area contributed by atoms with E-state index in [1.165, 1.54) is 0 Å². The Balaban J connectivity index is 2.61. The lowest BCUT2D eigenvalue weighted by Crippen LogP contribution is -1.97. The molecule has 0 saturated carbocycles. The molecule has 0 bridgehead atoms. The summed E-state index contributed by atoms with van der Waals surface area (Å²) in [6, 6.07) is 5.66. The van der Waals surface area contributed by atoms with E-state index in [1.807, 2.05) is 18.2 Å². The van der Waals surface area contributed by atoms with E-state index in [9.17, 15) is 0 Å². The van der Waals surface area contributed by atoms with E-state index < -0.39 is 0 Å². The van der Waals surface area contributed by atoms with Gasteiger partial charge in [-0.25, -0.2) is 0 Å². The van der Waals surface area contributed by atoms with Gasteiger partial charge >= 0.3 is 0 Å². The molecule has 0 aliphatic rings. The van der Waals surface area contributed by atoms with Gasteiger partial charge < -0.3 is 9.47 Å². The minimum Gasteiger partial charge on any atom is -0.359 e. The van der Waals surface area contributed by atoms with Crippen LogP contribution < -0.4 is 0 Å². The quantitative estimate of drug-likeness (QED) is 0.615. The van der Waals surface area contributed by atoms with Gasteiger partial charge in [-0.3, -0.25) is 0 Å². The van der Waals surface area contributed by atoms with Crippen molar-refractivity contribution in [2.75, 3.05) is 13.9 Å². The van der Waals surface area contributed by atoms with Crippen molar-refractivity contribution >= 4 is 27.5 Å². The van der Waals surface area contributed by atoms with E-state index in [0.717, 1.165) is 10.0 Å². The van der Waals surface area contributed by atoms with E-state index in [1.54, 1.807) is 7.11 Å². The molecule has 1 aromatic rings. The Morgan fingerprint density at radius 1 is 1.46 bits per heavy atom. The largest absolute Gasteiger partial charge is 0.359 e. The first kappa shape index (κ1) is 11.0. The summed E-state index contributed by atoms with van der Waals surface area (Å²) in [6.45, 7) is 0.786. The van der Waals surface area contributed by atoms with Gasteiger partial charge in [0.15, 0.2) is 0 Å². The second kappa shape index (κ2) is 5.60. The molecule has 4 heteroatoms. The van der Waals surface area contributed by atoms with Gasteiger partial charge in [0.1, 0.15) is 6.79 Å². The number of hydrogen-bond donors (Lipinski definition) is 0. The maximum absolute atomic E-state index is 5.89. The monoisotopic (exact) mass is 264 g/mol. The molecule has 0 heterocycles. The van der Waals surface area contributed by atoms with Crippen LogP contribution in [0.3, 0.4) is 0 Å². The number of hydrogen-bond acceptors (Lipinski definition) is 2. The minimum atomic E-state index is 0.291. The zero-order valence-corrected chi connectivity index (χ0v) is 9.56. The van der Waals surface area contributed by atoms with Crippen LogP contribution in [0.15, 0.2) is 22.7 Å². The molecule has 13 heavy (non-hydrogen) atoms. The number of methoxy groups -OCH3 is 1. The molecule has 0 N–H and O–H groups in total. The molecule has 0 spiro atoms. The molecule has 0 aromatic heterocycles. The molecule has 0 saturated heterocycles. The van der Waals surface area contributed by atoms with Crippen LogP contribution in [0, 0.1) is 0 Å². The lowest BCUT2D eigenvalue weighted by atomic mass is 10.2. The van der Waals surface area contributed by atoms with Crippen LogP contribution in [0.5, 0.6) is 0 Å². The molecule has 0 amide bonds. The number of halogens is 2. The minimum absolute atomic E-state index is 0.291. The van der Waals surface area contributed by atoms with Crippen molar-refractivity contribution in [2.24, 2.45) is 0 Å².